The minimum Gasteiger partial charge on any atom is -0.497 e. The smallest absolute Gasteiger partial charge is 0.264 e. The van der Waals surface area contributed by atoms with Gasteiger partial charge in [-0.15, -0.1) is 0 Å². The summed E-state index contributed by atoms with van der Waals surface area (Å²) in [7, 11) is -6.13. The zero-order valence-corrected chi connectivity index (χ0v) is 25.8. The number of hydrogen-bond donors (Lipinski definition) is 1. The van der Waals surface area contributed by atoms with Crippen LogP contribution in [0.1, 0.15) is 19.3 Å². The summed E-state index contributed by atoms with van der Waals surface area (Å²) in [5.74, 6) is 0.622. The maximum Gasteiger partial charge on any atom is 0.264 e. The van der Waals surface area contributed by atoms with Crippen molar-refractivity contribution >= 4 is 43.2 Å². The molecule has 11 nitrogen and oxygen atoms in total. The molecule has 0 unspecified atom stereocenters. The number of methoxy groups -OCH3 is 1. The van der Waals surface area contributed by atoms with Gasteiger partial charge in [0.2, 0.25) is 10.0 Å². The summed E-state index contributed by atoms with van der Waals surface area (Å²) < 4.78 is 72.2. The number of fused-ring (bicyclic) bond motifs is 1. The van der Waals surface area contributed by atoms with Gasteiger partial charge in [0.25, 0.3) is 15.9 Å². The fraction of sp³-hybridized carbons (Fsp3) is 0.345. The standard InChI is InChI=1S/C29H32ClN3O8S2/c1-39-22-6-10-25(11-7-22)43(37,38)33-20-28(41-27-14-5-21(30)19-26(27)33)29(34)31-15-18-40-23-8-12-24(13-9-23)42(35,36)32-16-3-2-4-17-32/h5-14,19,28H,2-4,15-18,20H2,1H3,(H,31,34)/t28-/m0/s1. The molecule has 0 aromatic heterocycles. The number of benzene rings is 3. The first-order chi connectivity index (χ1) is 20.6. The Morgan fingerprint density at radius 1 is 0.907 bits per heavy atom. The zero-order chi connectivity index (χ0) is 30.6. The van der Waals surface area contributed by atoms with E-state index in [2.05, 4.69) is 5.32 Å². The number of halogens is 1. The summed E-state index contributed by atoms with van der Waals surface area (Å²) in [5.41, 5.74) is 0.224. The Bertz CT molecular complexity index is 1660. The van der Waals surface area contributed by atoms with Crippen molar-refractivity contribution in [2.75, 3.05) is 44.2 Å². The van der Waals surface area contributed by atoms with Crippen molar-refractivity contribution in [3.05, 3.63) is 71.8 Å². The SMILES string of the molecule is COc1ccc(S(=O)(=O)N2C[C@@H](C(=O)NCCOc3ccc(S(=O)(=O)N4CCCCC4)cc3)Oc3ccc(Cl)cc32)cc1. The van der Waals surface area contributed by atoms with Crippen LogP contribution in [-0.4, -0.2) is 73.0 Å². The van der Waals surface area contributed by atoms with Crippen LogP contribution in [0.25, 0.3) is 0 Å². The van der Waals surface area contributed by atoms with Crippen molar-refractivity contribution in [2.45, 2.75) is 35.2 Å². The van der Waals surface area contributed by atoms with Gasteiger partial charge in [0.05, 0.1) is 35.7 Å². The van der Waals surface area contributed by atoms with Crippen molar-refractivity contribution in [2.24, 2.45) is 0 Å². The third-order valence-electron chi connectivity index (χ3n) is 7.18. The van der Waals surface area contributed by atoms with E-state index in [-0.39, 0.29) is 40.9 Å². The Morgan fingerprint density at radius 2 is 1.53 bits per heavy atom. The van der Waals surface area contributed by atoms with Gasteiger partial charge >= 0.3 is 0 Å². The highest BCUT2D eigenvalue weighted by Crippen LogP contribution is 2.39. The van der Waals surface area contributed by atoms with E-state index in [9.17, 15) is 21.6 Å². The van der Waals surface area contributed by atoms with E-state index in [1.807, 2.05) is 0 Å². The van der Waals surface area contributed by atoms with Crippen LogP contribution in [0.5, 0.6) is 17.2 Å². The van der Waals surface area contributed by atoms with Crippen LogP contribution < -0.4 is 23.8 Å². The van der Waals surface area contributed by atoms with Crippen molar-refractivity contribution in [1.29, 1.82) is 0 Å². The van der Waals surface area contributed by atoms with Crippen LogP contribution in [0.3, 0.4) is 0 Å². The van der Waals surface area contributed by atoms with Gasteiger partial charge in [0, 0.05) is 18.1 Å². The second-order valence-corrected chi connectivity index (χ2v) is 14.2. The lowest BCUT2D eigenvalue weighted by atomic mass is 10.2. The number of ether oxygens (including phenoxy) is 3. The first kappa shape index (κ1) is 30.9. The summed E-state index contributed by atoms with van der Waals surface area (Å²) in [4.78, 5) is 13.3. The minimum absolute atomic E-state index is 0.0171. The Labute approximate surface area is 256 Å². The van der Waals surface area contributed by atoms with E-state index in [0.717, 1.165) is 23.6 Å². The average Bonchev–Trinajstić information content (AvgIpc) is 3.03. The van der Waals surface area contributed by atoms with Crippen LogP contribution in [-0.2, 0) is 24.8 Å². The molecule has 43 heavy (non-hydrogen) atoms. The van der Waals surface area contributed by atoms with Gasteiger partial charge in [-0.05, 0) is 79.6 Å². The van der Waals surface area contributed by atoms with E-state index in [1.165, 1.54) is 59.9 Å². The first-order valence-corrected chi connectivity index (χ1v) is 17.0. The van der Waals surface area contributed by atoms with Crippen molar-refractivity contribution in [3.63, 3.8) is 0 Å². The summed E-state index contributed by atoms with van der Waals surface area (Å²) in [6, 6.07) is 16.6. The molecular formula is C29H32ClN3O8S2. The lowest BCUT2D eigenvalue weighted by molar-refractivity contribution is -0.127. The highest BCUT2D eigenvalue weighted by Gasteiger charge is 2.37. The molecule has 0 saturated carbocycles. The number of nitrogens with one attached hydrogen (secondary N) is 1. The Kier molecular flexibility index (Phi) is 9.35. The van der Waals surface area contributed by atoms with Gasteiger partial charge in [-0.25, -0.2) is 16.8 Å². The van der Waals surface area contributed by atoms with E-state index < -0.39 is 32.1 Å². The molecule has 3 aromatic rings. The number of nitrogens with zero attached hydrogens (tertiary/aromatic N) is 2. The second-order valence-electron chi connectivity index (χ2n) is 10.0. The minimum atomic E-state index is -4.08. The van der Waals surface area contributed by atoms with Gasteiger partial charge in [0.15, 0.2) is 6.10 Å². The van der Waals surface area contributed by atoms with Gasteiger partial charge in [-0.1, -0.05) is 18.0 Å². The van der Waals surface area contributed by atoms with Crippen LogP contribution >= 0.6 is 11.6 Å². The molecule has 2 heterocycles. The molecular weight excluding hydrogens is 618 g/mol. The highest BCUT2D eigenvalue weighted by atomic mass is 35.5. The number of hydrogen-bond acceptors (Lipinski definition) is 8. The van der Waals surface area contributed by atoms with E-state index in [1.54, 1.807) is 18.2 Å². The number of carbonyl (C=O) groups is 1. The maximum atomic E-state index is 13.6. The molecule has 0 radical (unpaired) electrons. The van der Waals surface area contributed by atoms with Gasteiger partial charge < -0.3 is 19.5 Å². The van der Waals surface area contributed by atoms with Crippen molar-refractivity contribution in [3.8, 4) is 17.2 Å². The molecule has 1 amide bonds. The summed E-state index contributed by atoms with van der Waals surface area (Å²) >= 11 is 6.16. The monoisotopic (exact) mass is 649 g/mol. The third-order valence-corrected chi connectivity index (χ3v) is 11.1. The zero-order valence-electron chi connectivity index (χ0n) is 23.4. The van der Waals surface area contributed by atoms with Crippen LogP contribution in [0, 0.1) is 0 Å². The first-order valence-electron chi connectivity index (χ1n) is 13.7. The number of carbonyl (C=O) groups excluding carboxylic acids is 1. The van der Waals surface area contributed by atoms with Gasteiger partial charge in [0.1, 0.15) is 23.9 Å². The molecule has 230 valence electrons. The largest absolute Gasteiger partial charge is 0.497 e. The molecule has 0 spiro atoms. The number of piperidine rings is 1. The molecule has 2 aliphatic heterocycles. The predicted molar refractivity (Wildman–Crippen MR) is 161 cm³/mol. The predicted octanol–water partition coefficient (Wildman–Crippen LogP) is 3.67. The average molecular weight is 650 g/mol. The van der Waals surface area contributed by atoms with Gasteiger partial charge in [-0.2, -0.15) is 4.31 Å². The molecule has 0 bridgehead atoms. The molecule has 1 N–H and O–H groups in total. The maximum absolute atomic E-state index is 13.6. The van der Waals surface area contributed by atoms with Crippen LogP contribution in [0.15, 0.2) is 76.5 Å². The van der Waals surface area contributed by atoms with Gasteiger partial charge in [-0.3, -0.25) is 9.10 Å². The lowest BCUT2D eigenvalue weighted by Gasteiger charge is -2.34. The fourth-order valence-corrected chi connectivity index (χ4v) is 8.03. The normalized spacial score (nSPS) is 17.4. The fourth-order valence-electron chi connectivity index (χ4n) is 4.88. The van der Waals surface area contributed by atoms with E-state index in [4.69, 9.17) is 25.8 Å². The second kappa shape index (κ2) is 13.0. The van der Waals surface area contributed by atoms with Crippen molar-refractivity contribution in [1.82, 2.24) is 9.62 Å². The van der Waals surface area contributed by atoms with E-state index >= 15 is 0 Å². The number of sulfonamides is 2. The number of anilines is 1. The highest BCUT2D eigenvalue weighted by molar-refractivity contribution is 7.92. The Hall–Kier alpha value is -3.52. The molecule has 14 heteroatoms. The van der Waals surface area contributed by atoms with E-state index in [0.29, 0.717) is 29.6 Å². The Morgan fingerprint density at radius 3 is 2.19 bits per heavy atom. The molecule has 2 aliphatic rings. The molecule has 3 aromatic carbocycles. The summed E-state index contributed by atoms with van der Waals surface area (Å²) in [5, 5.41) is 3.03. The quantitative estimate of drug-likeness (QED) is 0.329. The number of rotatable bonds is 10. The molecule has 1 fully saturated rings. The molecule has 5 rings (SSSR count). The molecule has 1 saturated heterocycles. The molecule has 0 aliphatic carbocycles. The van der Waals surface area contributed by atoms with Crippen LogP contribution in [0.4, 0.5) is 5.69 Å². The van der Waals surface area contributed by atoms with Crippen molar-refractivity contribution < 1.29 is 35.8 Å². The lowest BCUT2D eigenvalue weighted by Crippen LogP contribution is -2.51. The third kappa shape index (κ3) is 6.85. The number of amides is 1. The Balaban J connectivity index is 1.20. The van der Waals surface area contributed by atoms with Crippen LogP contribution in [0.2, 0.25) is 5.02 Å². The molecule has 1 atom stereocenters. The summed E-state index contributed by atoms with van der Waals surface area (Å²) in [6.45, 7) is 0.967. The topological polar surface area (TPSA) is 132 Å². The summed E-state index contributed by atoms with van der Waals surface area (Å²) in [6.07, 6.45) is 1.61.